The minimum atomic E-state index is -1.11. The first-order valence-corrected chi connectivity index (χ1v) is 16.3. The van der Waals surface area contributed by atoms with Crippen LogP contribution in [0.25, 0.3) is 0 Å². The molecule has 1 heterocycles. The highest BCUT2D eigenvalue weighted by molar-refractivity contribution is 6.45. The van der Waals surface area contributed by atoms with E-state index in [-0.39, 0.29) is 48.1 Å². The number of nitrogens with one attached hydrogen (secondary N) is 2. The Kier molecular flexibility index (Phi) is 10.4. The molecular weight excluding hydrogens is 583 g/mol. The number of nitrogens with two attached hydrogens (primary N) is 1. The number of alkyl halides is 2. The number of halogens is 2. The van der Waals surface area contributed by atoms with Gasteiger partial charge in [-0.3, -0.25) is 19.2 Å². The van der Waals surface area contributed by atoms with Crippen molar-refractivity contribution in [2.45, 2.75) is 115 Å². The molecule has 2 unspecified atom stereocenters. The lowest BCUT2D eigenvalue weighted by Crippen LogP contribution is -2.60. The highest BCUT2D eigenvalue weighted by atomic mass is 35.5. The first kappa shape index (κ1) is 32.8. The number of nitrogens with zero attached hydrogens (tertiary/aromatic N) is 1. The van der Waals surface area contributed by atoms with Crippen molar-refractivity contribution in [1.82, 2.24) is 15.5 Å². The van der Waals surface area contributed by atoms with Gasteiger partial charge in [0.15, 0.2) is 0 Å². The first-order valence-electron chi connectivity index (χ1n) is 15.5. The number of likely N-dealkylation sites (tertiary alicyclic amines) is 1. The van der Waals surface area contributed by atoms with Crippen molar-refractivity contribution in [3.63, 3.8) is 0 Å². The predicted octanol–water partition coefficient (Wildman–Crippen LogP) is 3.70. The Bertz CT molecular complexity index is 1060. The SMILES string of the molecule is CC(C)[C@@H](C)OC(=O)N[C@H](C(=O)N1C[C@H]2[C@@H]([C@H]1C(=O)NC(CC1CCC1)C(=O)C(N)=O)C2(C)C(Cl)Cl)C1CCCCC1. The number of fused-ring (bicyclic) bond motifs is 1. The zero-order chi connectivity index (χ0) is 30.9. The van der Waals surface area contributed by atoms with Gasteiger partial charge in [-0.15, -0.1) is 23.2 Å². The highest BCUT2D eigenvalue weighted by Gasteiger charge is 2.74. The van der Waals surface area contributed by atoms with Gasteiger partial charge in [-0.2, -0.15) is 0 Å². The van der Waals surface area contributed by atoms with Crippen molar-refractivity contribution in [3.05, 3.63) is 0 Å². The highest BCUT2D eigenvalue weighted by Crippen LogP contribution is 2.68. The van der Waals surface area contributed by atoms with Gasteiger partial charge in [0.05, 0.1) is 6.04 Å². The molecule has 1 aliphatic heterocycles. The maximum absolute atomic E-state index is 14.3. The number of hydrogen-bond donors (Lipinski definition) is 3. The largest absolute Gasteiger partial charge is 0.446 e. The van der Waals surface area contributed by atoms with Crippen molar-refractivity contribution < 1.29 is 28.7 Å². The fourth-order valence-electron chi connectivity index (χ4n) is 7.10. The van der Waals surface area contributed by atoms with Crippen LogP contribution in [0.2, 0.25) is 0 Å². The number of ether oxygens (including phenoxy) is 1. The molecular formula is C30H46Cl2N4O6. The lowest BCUT2D eigenvalue weighted by atomic mass is 9.80. The molecule has 4 rings (SSSR count). The number of carbonyl (C=O) groups excluding carboxylic acids is 5. The lowest BCUT2D eigenvalue weighted by Gasteiger charge is -2.38. The summed E-state index contributed by atoms with van der Waals surface area (Å²) in [6, 6.07) is -2.89. The molecule has 0 aromatic heterocycles. The summed E-state index contributed by atoms with van der Waals surface area (Å²) in [5.74, 6) is -3.10. The van der Waals surface area contributed by atoms with Gasteiger partial charge in [-0.25, -0.2) is 4.79 Å². The van der Waals surface area contributed by atoms with E-state index >= 15 is 0 Å². The zero-order valence-corrected chi connectivity index (χ0v) is 26.6. The minimum absolute atomic E-state index is 0.100. The minimum Gasteiger partial charge on any atom is -0.446 e. The lowest BCUT2D eigenvalue weighted by molar-refractivity contribution is -0.144. The number of ketones is 1. The molecule has 0 bridgehead atoms. The molecule has 3 aliphatic carbocycles. The molecule has 236 valence electrons. The Labute approximate surface area is 258 Å². The van der Waals surface area contributed by atoms with Crippen molar-refractivity contribution >= 4 is 52.8 Å². The summed E-state index contributed by atoms with van der Waals surface area (Å²) in [4.78, 5) is 66.5. The van der Waals surface area contributed by atoms with Crippen molar-refractivity contribution in [2.24, 2.45) is 40.7 Å². The molecule has 4 aliphatic rings. The van der Waals surface area contributed by atoms with E-state index in [1.165, 1.54) is 4.90 Å². The molecule has 12 heteroatoms. The van der Waals surface area contributed by atoms with Crippen molar-refractivity contribution in [1.29, 1.82) is 0 Å². The van der Waals surface area contributed by atoms with Gasteiger partial charge in [0, 0.05) is 17.9 Å². The van der Waals surface area contributed by atoms with Crippen LogP contribution in [0.15, 0.2) is 0 Å². The maximum Gasteiger partial charge on any atom is 0.408 e. The third kappa shape index (κ3) is 6.69. The molecule has 42 heavy (non-hydrogen) atoms. The van der Waals surface area contributed by atoms with Gasteiger partial charge in [0.2, 0.25) is 17.6 Å². The zero-order valence-electron chi connectivity index (χ0n) is 25.1. The number of carbonyl (C=O) groups is 5. The Balaban J connectivity index is 1.59. The molecule has 0 radical (unpaired) electrons. The molecule has 1 saturated heterocycles. The van der Waals surface area contributed by atoms with Gasteiger partial charge >= 0.3 is 6.09 Å². The first-order chi connectivity index (χ1) is 19.8. The second-order valence-corrected chi connectivity index (χ2v) is 14.5. The van der Waals surface area contributed by atoms with Crippen LogP contribution in [0.3, 0.4) is 0 Å². The summed E-state index contributed by atoms with van der Waals surface area (Å²) in [5.41, 5.74) is 4.73. The smallest absolute Gasteiger partial charge is 0.408 e. The van der Waals surface area contributed by atoms with Crippen LogP contribution in [-0.2, 0) is 23.9 Å². The predicted molar refractivity (Wildman–Crippen MR) is 158 cm³/mol. The van der Waals surface area contributed by atoms with Crippen LogP contribution < -0.4 is 16.4 Å². The van der Waals surface area contributed by atoms with Crippen LogP contribution in [0.1, 0.15) is 85.5 Å². The Hall–Kier alpha value is -2.07. The monoisotopic (exact) mass is 628 g/mol. The molecule has 0 aromatic carbocycles. The van der Waals surface area contributed by atoms with Gasteiger partial charge in [-0.1, -0.05) is 59.3 Å². The van der Waals surface area contributed by atoms with E-state index in [2.05, 4.69) is 10.6 Å². The van der Waals surface area contributed by atoms with Gasteiger partial charge in [0.1, 0.15) is 23.0 Å². The summed E-state index contributed by atoms with van der Waals surface area (Å²) in [6.45, 7) is 7.84. The molecule has 0 aromatic rings. The number of piperidine rings is 1. The van der Waals surface area contributed by atoms with Gasteiger partial charge < -0.3 is 26.0 Å². The van der Waals surface area contributed by atoms with E-state index < -0.39 is 52.1 Å². The molecule has 3 saturated carbocycles. The Morgan fingerprint density at radius 3 is 2.14 bits per heavy atom. The van der Waals surface area contributed by atoms with Crippen molar-refractivity contribution in [3.8, 4) is 0 Å². The Morgan fingerprint density at radius 2 is 1.62 bits per heavy atom. The van der Waals surface area contributed by atoms with Crippen LogP contribution in [0.5, 0.6) is 0 Å². The van der Waals surface area contributed by atoms with E-state index in [0.717, 1.165) is 51.4 Å². The second-order valence-electron chi connectivity index (χ2n) is 13.4. The van der Waals surface area contributed by atoms with Crippen LogP contribution in [-0.4, -0.2) is 70.1 Å². The topological polar surface area (TPSA) is 148 Å². The van der Waals surface area contributed by atoms with E-state index in [9.17, 15) is 24.0 Å². The third-order valence-corrected chi connectivity index (χ3v) is 11.4. The normalized spacial score (nSPS) is 29.7. The summed E-state index contributed by atoms with van der Waals surface area (Å²) in [6.07, 6.45) is 6.66. The van der Waals surface area contributed by atoms with Crippen LogP contribution in [0.4, 0.5) is 4.79 Å². The van der Waals surface area contributed by atoms with Crippen molar-refractivity contribution in [2.75, 3.05) is 6.54 Å². The quantitative estimate of drug-likeness (QED) is 0.222. The standard InChI is InChI=1S/C30H46Cl2N4O6/c1-15(2)16(3)42-29(41)35-22(18-11-6-5-7-12-18)27(40)36-14-19-21(30(19,4)28(31)32)23(36)26(39)34-20(24(37)25(33)38)13-17-9-8-10-17/h15-23,28H,5-14H2,1-4H3,(H2,33,38)(H,34,39)(H,35,41)/t16-,19+,20?,21+,22+,23+,30?/m1/s1. The van der Waals surface area contributed by atoms with Crippen LogP contribution >= 0.6 is 23.2 Å². The molecule has 0 spiro atoms. The average molecular weight is 630 g/mol. The number of Topliss-reactive ketones (excluding diaryl/α,β-unsaturated/α-hetero) is 1. The van der Waals surface area contributed by atoms with E-state index in [4.69, 9.17) is 33.7 Å². The number of alkyl carbamates (subject to hydrolysis) is 1. The van der Waals surface area contributed by atoms with Gasteiger partial charge in [-0.05, 0) is 49.9 Å². The van der Waals surface area contributed by atoms with E-state index in [0.29, 0.717) is 6.42 Å². The molecule has 4 N–H and O–H groups in total. The molecule has 7 atom stereocenters. The summed E-state index contributed by atoms with van der Waals surface area (Å²) in [5, 5.41) is 5.62. The van der Waals surface area contributed by atoms with E-state index in [1.54, 1.807) is 6.92 Å². The molecule has 4 amide bonds. The Morgan fingerprint density at radius 1 is 0.976 bits per heavy atom. The average Bonchev–Trinajstić information content (AvgIpc) is 3.29. The van der Waals surface area contributed by atoms with Crippen LogP contribution in [0, 0.1) is 35.0 Å². The van der Waals surface area contributed by atoms with Gasteiger partial charge in [0.25, 0.3) is 5.91 Å². The molecule has 4 fully saturated rings. The third-order valence-electron chi connectivity index (χ3n) is 10.5. The van der Waals surface area contributed by atoms with E-state index in [1.807, 2.05) is 20.8 Å². The summed E-state index contributed by atoms with van der Waals surface area (Å²) >= 11 is 12.8. The second kappa shape index (κ2) is 13.3. The number of amides is 4. The fraction of sp³-hybridized carbons (Fsp3) is 0.833. The fourth-order valence-corrected chi connectivity index (χ4v) is 7.72. The summed E-state index contributed by atoms with van der Waals surface area (Å²) < 4.78 is 5.55. The summed E-state index contributed by atoms with van der Waals surface area (Å²) in [7, 11) is 0. The maximum atomic E-state index is 14.3. The number of rotatable bonds is 12. The number of hydrogen-bond acceptors (Lipinski definition) is 6. The molecule has 10 nitrogen and oxygen atoms in total. The number of primary amides is 1.